The molecule has 0 saturated carbocycles. The Morgan fingerprint density at radius 3 is 2.67 bits per heavy atom. The topological polar surface area (TPSA) is 74.5 Å². The van der Waals surface area contributed by atoms with Gasteiger partial charge in [0.05, 0.1) is 12.2 Å². The maximum Gasteiger partial charge on any atom is 0.240 e. The Bertz CT molecular complexity index is 441. The number of nitrogens with zero attached hydrogens (tertiary/aromatic N) is 5. The normalized spacial score (nSPS) is 10.9. The second kappa shape index (κ2) is 3.65. The van der Waals surface area contributed by atoms with E-state index in [4.69, 9.17) is 5.73 Å². The Morgan fingerprint density at radius 2 is 2.20 bits per heavy atom. The SMILES string of the molecule is Cc1cn(C)nc1Cn1nc(N)nc1Br. The highest BCUT2D eigenvalue weighted by atomic mass is 79.9. The summed E-state index contributed by atoms with van der Waals surface area (Å²) in [6.45, 7) is 2.58. The Labute approximate surface area is 95.2 Å². The van der Waals surface area contributed by atoms with Crippen molar-refractivity contribution in [3.63, 3.8) is 0 Å². The molecule has 0 spiro atoms. The molecular formula is C8H11BrN6. The van der Waals surface area contributed by atoms with E-state index in [1.165, 1.54) is 0 Å². The van der Waals surface area contributed by atoms with Gasteiger partial charge in [0, 0.05) is 13.2 Å². The molecule has 0 unspecified atom stereocenters. The third kappa shape index (κ3) is 2.01. The maximum absolute atomic E-state index is 5.48. The van der Waals surface area contributed by atoms with Crippen molar-refractivity contribution in [2.45, 2.75) is 13.5 Å². The zero-order chi connectivity index (χ0) is 11.0. The van der Waals surface area contributed by atoms with Gasteiger partial charge in [-0.05, 0) is 28.4 Å². The predicted octanol–water partition coefficient (Wildman–Crippen LogP) is 0.713. The minimum atomic E-state index is 0.260. The molecule has 2 aromatic heterocycles. The van der Waals surface area contributed by atoms with Crippen molar-refractivity contribution in [1.29, 1.82) is 0 Å². The number of aromatic nitrogens is 5. The summed E-state index contributed by atoms with van der Waals surface area (Å²) in [5.74, 6) is 0.260. The maximum atomic E-state index is 5.48. The van der Waals surface area contributed by atoms with Gasteiger partial charge >= 0.3 is 0 Å². The number of hydrogen-bond donors (Lipinski definition) is 1. The molecule has 2 aromatic rings. The van der Waals surface area contributed by atoms with Crippen LogP contribution >= 0.6 is 15.9 Å². The van der Waals surface area contributed by atoms with Gasteiger partial charge in [0.25, 0.3) is 0 Å². The smallest absolute Gasteiger partial charge is 0.240 e. The van der Waals surface area contributed by atoms with Gasteiger partial charge in [0.2, 0.25) is 5.95 Å². The van der Waals surface area contributed by atoms with E-state index in [2.05, 4.69) is 31.1 Å². The molecule has 2 N–H and O–H groups in total. The number of halogens is 1. The minimum Gasteiger partial charge on any atom is -0.366 e. The Morgan fingerprint density at radius 1 is 1.47 bits per heavy atom. The van der Waals surface area contributed by atoms with Crippen LogP contribution in [-0.2, 0) is 13.6 Å². The molecule has 2 heterocycles. The van der Waals surface area contributed by atoms with Gasteiger partial charge in [-0.1, -0.05) is 0 Å². The summed E-state index contributed by atoms with van der Waals surface area (Å²) < 4.78 is 4.06. The number of anilines is 1. The molecule has 0 saturated heterocycles. The standard InChI is InChI=1S/C8H11BrN6/c1-5-3-14(2)12-6(5)4-15-7(9)11-8(10)13-15/h3H,4H2,1-2H3,(H2,10,13). The lowest BCUT2D eigenvalue weighted by Crippen LogP contribution is -2.05. The largest absolute Gasteiger partial charge is 0.366 e. The lowest BCUT2D eigenvalue weighted by Gasteiger charge is -1.99. The van der Waals surface area contributed by atoms with Gasteiger partial charge in [-0.3, -0.25) is 4.68 Å². The molecule has 0 aromatic carbocycles. The van der Waals surface area contributed by atoms with Crippen LogP contribution in [0.5, 0.6) is 0 Å². The highest BCUT2D eigenvalue weighted by molar-refractivity contribution is 9.10. The molecule has 0 aliphatic heterocycles. The van der Waals surface area contributed by atoms with Crippen molar-refractivity contribution in [3.8, 4) is 0 Å². The minimum absolute atomic E-state index is 0.260. The molecular weight excluding hydrogens is 260 g/mol. The summed E-state index contributed by atoms with van der Waals surface area (Å²) >= 11 is 3.28. The van der Waals surface area contributed by atoms with Gasteiger partial charge in [0.15, 0.2) is 4.73 Å². The first-order valence-electron chi connectivity index (χ1n) is 4.41. The second-order valence-corrected chi connectivity index (χ2v) is 4.04. The molecule has 2 rings (SSSR count). The third-order valence-electron chi connectivity index (χ3n) is 2.06. The van der Waals surface area contributed by atoms with E-state index in [1.54, 1.807) is 9.36 Å². The van der Waals surface area contributed by atoms with E-state index >= 15 is 0 Å². The fourth-order valence-electron chi connectivity index (χ4n) is 1.39. The molecule has 0 amide bonds. The molecule has 0 atom stereocenters. The first-order valence-corrected chi connectivity index (χ1v) is 5.20. The van der Waals surface area contributed by atoms with Crippen molar-refractivity contribution in [2.75, 3.05) is 5.73 Å². The molecule has 80 valence electrons. The Kier molecular flexibility index (Phi) is 2.47. The lowest BCUT2D eigenvalue weighted by atomic mass is 10.3. The second-order valence-electron chi connectivity index (χ2n) is 3.33. The van der Waals surface area contributed by atoms with Gasteiger partial charge < -0.3 is 5.73 Å². The van der Waals surface area contributed by atoms with Crippen LogP contribution in [-0.4, -0.2) is 24.5 Å². The first-order chi connectivity index (χ1) is 7.06. The average molecular weight is 271 g/mol. The number of aryl methyl sites for hydroxylation is 2. The lowest BCUT2D eigenvalue weighted by molar-refractivity contribution is 0.636. The van der Waals surface area contributed by atoms with Gasteiger partial charge in [-0.25, -0.2) is 4.68 Å². The van der Waals surface area contributed by atoms with Crippen molar-refractivity contribution in [1.82, 2.24) is 24.5 Å². The van der Waals surface area contributed by atoms with Crippen LogP contribution in [0.2, 0.25) is 0 Å². The van der Waals surface area contributed by atoms with E-state index in [-0.39, 0.29) is 5.95 Å². The predicted molar refractivity (Wildman–Crippen MR) is 59.2 cm³/mol. The zero-order valence-electron chi connectivity index (χ0n) is 8.48. The van der Waals surface area contributed by atoms with Crippen LogP contribution in [0.15, 0.2) is 10.9 Å². The van der Waals surface area contributed by atoms with Crippen molar-refractivity contribution in [2.24, 2.45) is 7.05 Å². The Balaban J connectivity index is 2.29. The number of nitrogens with two attached hydrogens (primary N) is 1. The van der Waals surface area contributed by atoms with Crippen molar-refractivity contribution >= 4 is 21.9 Å². The summed E-state index contributed by atoms with van der Waals surface area (Å²) in [6, 6.07) is 0. The van der Waals surface area contributed by atoms with Crippen LogP contribution in [0.1, 0.15) is 11.3 Å². The quantitative estimate of drug-likeness (QED) is 0.873. The van der Waals surface area contributed by atoms with E-state index in [9.17, 15) is 0 Å². The molecule has 0 bridgehead atoms. The summed E-state index contributed by atoms with van der Waals surface area (Å²) in [5.41, 5.74) is 7.56. The van der Waals surface area contributed by atoms with Crippen LogP contribution in [0.25, 0.3) is 0 Å². The van der Waals surface area contributed by atoms with E-state index in [1.807, 2.05) is 20.2 Å². The Hall–Kier alpha value is -1.37. The van der Waals surface area contributed by atoms with Crippen LogP contribution in [0.4, 0.5) is 5.95 Å². The summed E-state index contributed by atoms with van der Waals surface area (Å²) in [4.78, 5) is 3.96. The fraction of sp³-hybridized carbons (Fsp3) is 0.375. The van der Waals surface area contributed by atoms with Gasteiger partial charge in [-0.15, -0.1) is 5.10 Å². The number of rotatable bonds is 2. The van der Waals surface area contributed by atoms with Gasteiger partial charge in [-0.2, -0.15) is 10.1 Å². The first kappa shape index (κ1) is 10.2. The highest BCUT2D eigenvalue weighted by Gasteiger charge is 2.09. The van der Waals surface area contributed by atoms with E-state index in [0.717, 1.165) is 11.3 Å². The number of hydrogen-bond acceptors (Lipinski definition) is 4. The number of nitrogen functional groups attached to an aromatic ring is 1. The molecule has 15 heavy (non-hydrogen) atoms. The highest BCUT2D eigenvalue weighted by Crippen LogP contribution is 2.12. The van der Waals surface area contributed by atoms with E-state index in [0.29, 0.717) is 11.3 Å². The molecule has 0 fully saturated rings. The average Bonchev–Trinajstić information content (AvgIpc) is 2.58. The van der Waals surface area contributed by atoms with Crippen LogP contribution in [0.3, 0.4) is 0 Å². The van der Waals surface area contributed by atoms with E-state index < -0.39 is 0 Å². The zero-order valence-corrected chi connectivity index (χ0v) is 10.1. The van der Waals surface area contributed by atoms with Crippen LogP contribution < -0.4 is 5.73 Å². The van der Waals surface area contributed by atoms with Crippen molar-refractivity contribution < 1.29 is 0 Å². The van der Waals surface area contributed by atoms with Crippen LogP contribution in [0, 0.1) is 6.92 Å². The summed E-state index contributed by atoms with van der Waals surface area (Å²) in [5, 5.41) is 8.37. The van der Waals surface area contributed by atoms with Gasteiger partial charge in [0.1, 0.15) is 0 Å². The monoisotopic (exact) mass is 270 g/mol. The summed E-state index contributed by atoms with van der Waals surface area (Å²) in [6.07, 6.45) is 1.96. The van der Waals surface area contributed by atoms with Crippen molar-refractivity contribution in [3.05, 3.63) is 22.2 Å². The summed E-state index contributed by atoms with van der Waals surface area (Å²) in [7, 11) is 1.89. The molecule has 0 aliphatic rings. The third-order valence-corrected chi connectivity index (χ3v) is 2.64. The molecule has 0 aliphatic carbocycles. The molecule has 0 radical (unpaired) electrons. The molecule has 7 heteroatoms. The fourth-order valence-corrected chi connectivity index (χ4v) is 1.78. The molecule has 6 nitrogen and oxygen atoms in total.